The number of nitrogens with zero attached hydrogens (tertiary/aromatic N) is 5. The van der Waals surface area contributed by atoms with Crippen molar-refractivity contribution in [2.24, 2.45) is 0 Å². The molecule has 0 spiro atoms. The Labute approximate surface area is 170 Å². The molecule has 3 heterocycles. The lowest BCUT2D eigenvalue weighted by atomic mass is 9.96. The average molecular weight is 419 g/mol. The first-order chi connectivity index (χ1) is 14.5. The van der Waals surface area contributed by atoms with E-state index in [9.17, 15) is 13.6 Å². The number of piperidine rings is 1. The number of aryl methyl sites for hydroxylation is 1. The van der Waals surface area contributed by atoms with E-state index in [2.05, 4.69) is 29.8 Å². The molecule has 158 valence electrons. The van der Waals surface area contributed by atoms with E-state index in [1.165, 1.54) is 12.1 Å². The second-order valence-corrected chi connectivity index (χ2v) is 6.99. The fraction of sp³-hybridized carbons (Fsp3) is 0.421. The van der Waals surface area contributed by atoms with Crippen molar-refractivity contribution in [3.8, 4) is 17.1 Å². The van der Waals surface area contributed by atoms with Gasteiger partial charge in [-0.15, -0.1) is 0 Å². The standard InChI is InChI=1S/C19H19F2N5O4/c1-11-15(24-30-23-11)10-16(27)26-8-6-13(7-9-26)18-22-17(25-29-18)12-2-4-14(5-3-12)28-19(20)21/h2-5,13,19H,6-10H2,1H3. The molecule has 0 unspecified atom stereocenters. The number of aromatic nitrogens is 4. The van der Waals surface area contributed by atoms with Gasteiger partial charge in [0.1, 0.15) is 17.1 Å². The predicted octanol–water partition coefficient (Wildman–Crippen LogP) is 2.98. The molecule has 0 atom stereocenters. The van der Waals surface area contributed by atoms with E-state index in [1.54, 1.807) is 24.0 Å². The number of alkyl halides is 2. The fourth-order valence-electron chi connectivity index (χ4n) is 3.34. The van der Waals surface area contributed by atoms with Crippen LogP contribution in [0.1, 0.15) is 36.0 Å². The summed E-state index contributed by atoms with van der Waals surface area (Å²) in [5.41, 5.74) is 1.80. The Balaban J connectivity index is 1.34. The highest BCUT2D eigenvalue weighted by Crippen LogP contribution is 2.29. The van der Waals surface area contributed by atoms with Gasteiger partial charge in [-0.25, -0.2) is 4.63 Å². The van der Waals surface area contributed by atoms with Crippen LogP contribution in [-0.4, -0.2) is 51.0 Å². The summed E-state index contributed by atoms with van der Waals surface area (Å²) in [5, 5.41) is 11.4. The summed E-state index contributed by atoms with van der Waals surface area (Å²) in [6, 6.07) is 6.03. The number of amides is 1. The van der Waals surface area contributed by atoms with Crippen LogP contribution in [0.2, 0.25) is 0 Å². The van der Waals surface area contributed by atoms with Crippen LogP contribution in [0.15, 0.2) is 33.4 Å². The summed E-state index contributed by atoms with van der Waals surface area (Å²) >= 11 is 0. The van der Waals surface area contributed by atoms with Crippen LogP contribution < -0.4 is 4.74 Å². The molecule has 2 aromatic heterocycles. The predicted molar refractivity (Wildman–Crippen MR) is 97.7 cm³/mol. The van der Waals surface area contributed by atoms with Gasteiger partial charge in [-0.2, -0.15) is 13.8 Å². The topological polar surface area (TPSA) is 107 Å². The van der Waals surface area contributed by atoms with Crippen molar-refractivity contribution in [1.82, 2.24) is 25.4 Å². The highest BCUT2D eigenvalue weighted by atomic mass is 19.3. The van der Waals surface area contributed by atoms with Gasteiger partial charge in [0.05, 0.1) is 6.42 Å². The molecule has 0 aliphatic carbocycles. The number of carbonyl (C=O) groups is 1. The Bertz CT molecular complexity index is 997. The second kappa shape index (κ2) is 8.56. The number of benzene rings is 1. The third-order valence-corrected chi connectivity index (χ3v) is 5.04. The maximum atomic E-state index is 12.5. The molecular weight excluding hydrogens is 400 g/mol. The van der Waals surface area contributed by atoms with Crippen LogP contribution >= 0.6 is 0 Å². The number of rotatable bonds is 6. The van der Waals surface area contributed by atoms with Crippen molar-refractivity contribution in [3.05, 3.63) is 41.5 Å². The first-order valence-corrected chi connectivity index (χ1v) is 9.44. The molecule has 11 heteroatoms. The zero-order valence-corrected chi connectivity index (χ0v) is 16.1. The monoisotopic (exact) mass is 419 g/mol. The van der Waals surface area contributed by atoms with E-state index in [-0.39, 0.29) is 24.0 Å². The first-order valence-electron chi connectivity index (χ1n) is 9.44. The number of carbonyl (C=O) groups excluding carboxylic acids is 1. The minimum absolute atomic E-state index is 0.0235. The summed E-state index contributed by atoms with van der Waals surface area (Å²) in [6.07, 6.45) is 1.56. The molecule has 9 nitrogen and oxygen atoms in total. The first kappa shape index (κ1) is 19.9. The zero-order chi connectivity index (χ0) is 21.1. The number of likely N-dealkylation sites (tertiary alicyclic amines) is 1. The van der Waals surface area contributed by atoms with Crippen LogP contribution in [0.3, 0.4) is 0 Å². The highest BCUT2D eigenvalue weighted by Gasteiger charge is 2.28. The third kappa shape index (κ3) is 4.44. The van der Waals surface area contributed by atoms with Crippen LogP contribution in [-0.2, 0) is 11.2 Å². The fourth-order valence-corrected chi connectivity index (χ4v) is 3.34. The molecule has 0 radical (unpaired) electrons. The van der Waals surface area contributed by atoms with Crippen molar-refractivity contribution in [1.29, 1.82) is 0 Å². The van der Waals surface area contributed by atoms with Crippen LogP contribution in [0.25, 0.3) is 11.4 Å². The number of hydrogen-bond donors (Lipinski definition) is 0. The van der Waals surface area contributed by atoms with Crippen molar-refractivity contribution in [2.75, 3.05) is 13.1 Å². The number of ether oxygens (including phenoxy) is 1. The maximum absolute atomic E-state index is 12.5. The van der Waals surface area contributed by atoms with Crippen LogP contribution in [0.4, 0.5) is 8.78 Å². The van der Waals surface area contributed by atoms with E-state index in [1.807, 2.05) is 0 Å². The molecule has 1 aliphatic rings. The summed E-state index contributed by atoms with van der Waals surface area (Å²) in [4.78, 5) is 18.7. The minimum atomic E-state index is -2.87. The van der Waals surface area contributed by atoms with Gasteiger partial charge in [0.25, 0.3) is 0 Å². The maximum Gasteiger partial charge on any atom is 0.387 e. The molecule has 1 aromatic carbocycles. The number of halogens is 2. The smallest absolute Gasteiger partial charge is 0.387 e. The Kier molecular flexibility index (Phi) is 5.68. The van der Waals surface area contributed by atoms with Gasteiger partial charge in [-0.05, 0) is 44.0 Å². The SMILES string of the molecule is Cc1nonc1CC(=O)N1CCC(c2nc(-c3ccc(OC(F)F)cc3)no2)CC1. The van der Waals surface area contributed by atoms with Crippen molar-refractivity contribution in [3.63, 3.8) is 0 Å². The molecular formula is C19H19F2N5O4. The lowest BCUT2D eigenvalue weighted by molar-refractivity contribution is -0.131. The van der Waals surface area contributed by atoms with Gasteiger partial charge in [-0.1, -0.05) is 15.5 Å². The van der Waals surface area contributed by atoms with Crippen LogP contribution in [0.5, 0.6) is 5.75 Å². The van der Waals surface area contributed by atoms with Gasteiger partial charge < -0.3 is 14.2 Å². The minimum Gasteiger partial charge on any atom is -0.435 e. The zero-order valence-electron chi connectivity index (χ0n) is 16.1. The van der Waals surface area contributed by atoms with Gasteiger partial charge in [-0.3, -0.25) is 4.79 Å². The molecule has 3 aromatic rings. The molecule has 0 saturated carbocycles. The summed E-state index contributed by atoms with van der Waals surface area (Å²) < 4.78 is 38.9. The normalized spacial score (nSPS) is 15.0. The van der Waals surface area contributed by atoms with E-state index in [4.69, 9.17) is 4.52 Å². The van der Waals surface area contributed by atoms with E-state index in [0.29, 0.717) is 54.6 Å². The third-order valence-electron chi connectivity index (χ3n) is 5.04. The Morgan fingerprint density at radius 3 is 2.57 bits per heavy atom. The van der Waals surface area contributed by atoms with Crippen molar-refractivity contribution in [2.45, 2.75) is 38.7 Å². The van der Waals surface area contributed by atoms with Crippen molar-refractivity contribution >= 4 is 5.91 Å². The summed E-state index contributed by atoms with van der Waals surface area (Å²) in [6.45, 7) is 0.0240. The van der Waals surface area contributed by atoms with Gasteiger partial charge in [0, 0.05) is 24.6 Å². The quantitative estimate of drug-likeness (QED) is 0.600. The Morgan fingerprint density at radius 1 is 1.20 bits per heavy atom. The highest BCUT2D eigenvalue weighted by molar-refractivity contribution is 5.78. The molecule has 1 saturated heterocycles. The molecule has 1 amide bonds. The molecule has 30 heavy (non-hydrogen) atoms. The van der Waals surface area contributed by atoms with Gasteiger partial charge >= 0.3 is 6.61 Å². The largest absolute Gasteiger partial charge is 0.435 e. The molecule has 0 bridgehead atoms. The lowest BCUT2D eigenvalue weighted by Gasteiger charge is -2.30. The Hall–Kier alpha value is -3.37. The van der Waals surface area contributed by atoms with Crippen molar-refractivity contribution < 1.29 is 27.5 Å². The van der Waals surface area contributed by atoms with Gasteiger partial charge in [0.2, 0.25) is 17.6 Å². The summed E-state index contributed by atoms with van der Waals surface area (Å²) in [5.74, 6) is 0.963. The second-order valence-electron chi connectivity index (χ2n) is 6.99. The summed E-state index contributed by atoms with van der Waals surface area (Å²) in [7, 11) is 0. The number of hydrogen-bond acceptors (Lipinski definition) is 8. The lowest BCUT2D eigenvalue weighted by Crippen LogP contribution is -2.39. The molecule has 1 fully saturated rings. The van der Waals surface area contributed by atoms with E-state index in [0.717, 1.165) is 0 Å². The Morgan fingerprint density at radius 2 is 1.93 bits per heavy atom. The van der Waals surface area contributed by atoms with E-state index >= 15 is 0 Å². The van der Waals surface area contributed by atoms with Gasteiger partial charge in [0.15, 0.2) is 0 Å². The van der Waals surface area contributed by atoms with E-state index < -0.39 is 6.61 Å². The molecule has 0 N–H and O–H groups in total. The average Bonchev–Trinajstić information content (AvgIpc) is 3.38. The molecule has 4 rings (SSSR count). The molecule has 1 aliphatic heterocycles. The van der Waals surface area contributed by atoms with Crippen LogP contribution in [0, 0.1) is 6.92 Å².